The van der Waals surface area contributed by atoms with Gasteiger partial charge in [-0.3, -0.25) is 0 Å². The molecule has 2 aromatic rings. The second-order valence-electron chi connectivity index (χ2n) is 4.71. The van der Waals surface area contributed by atoms with E-state index in [2.05, 4.69) is 4.74 Å². The molecule has 118 valence electrons. The first-order valence-electron chi connectivity index (χ1n) is 6.69. The fourth-order valence-corrected chi connectivity index (χ4v) is 1.92. The molecule has 0 unspecified atom stereocenters. The van der Waals surface area contributed by atoms with Gasteiger partial charge in [-0.05, 0) is 30.2 Å². The van der Waals surface area contributed by atoms with Crippen LogP contribution in [0.5, 0.6) is 11.5 Å². The zero-order valence-electron chi connectivity index (χ0n) is 12.0. The average molecular weight is 311 g/mol. The van der Waals surface area contributed by atoms with Crippen molar-refractivity contribution in [1.29, 1.82) is 0 Å². The molecule has 0 radical (unpaired) electrons. The van der Waals surface area contributed by atoms with Gasteiger partial charge in [-0.2, -0.15) is 0 Å². The Morgan fingerprint density at radius 3 is 2.18 bits per heavy atom. The van der Waals surface area contributed by atoms with Crippen LogP contribution >= 0.6 is 0 Å². The van der Waals surface area contributed by atoms with Gasteiger partial charge in [0.2, 0.25) is 0 Å². The van der Waals surface area contributed by atoms with Crippen LogP contribution in [0.2, 0.25) is 0 Å². The summed E-state index contributed by atoms with van der Waals surface area (Å²) in [5.74, 6) is -0.363. The van der Waals surface area contributed by atoms with Crippen LogP contribution in [0.3, 0.4) is 0 Å². The normalized spacial score (nSPS) is 11.3. The molecule has 2 N–H and O–H groups in total. The molecule has 0 aliphatic heterocycles. The Labute approximate surface area is 126 Å². The molecule has 0 fully saturated rings. The van der Waals surface area contributed by atoms with Gasteiger partial charge >= 0.3 is 6.36 Å². The third kappa shape index (κ3) is 4.39. The lowest BCUT2D eigenvalue weighted by Crippen LogP contribution is -2.18. The third-order valence-corrected chi connectivity index (χ3v) is 2.93. The number of aryl methyl sites for hydroxylation is 1. The molecule has 3 nitrogen and oxygen atoms in total. The maximum atomic E-state index is 12.4. The minimum atomic E-state index is -4.77. The van der Waals surface area contributed by atoms with Gasteiger partial charge in [0.15, 0.2) is 11.5 Å². The van der Waals surface area contributed by atoms with Gasteiger partial charge in [0, 0.05) is 6.54 Å². The Morgan fingerprint density at radius 1 is 0.955 bits per heavy atom. The predicted molar refractivity (Wildman–Crippen MR) is 77.8 cm³/mol. The molecule has 2 aromatic carbocycles. The number of rotatable bonds is 5. The van der Waals surface area contributed by atoms with Crippen molar-refractivity contribution < 1.29 is 22.6 Å². The highest BCUT2D eigenvalue weighted by Gasteiger charge is 2.32. The van der Waals surface area contributed by atoms with Crippen molar-refractivity contribution in [3.05, 3.63) is 48.0 Å². The lowest BCUT2D eigenvalue weighted by Gasteiger charge is -2.15. The molecule has 0 amide bonds. The van der Waals surface area contributed by atoms with Gasteiger partial charge in [-0.1, -0.05) is 35.9 Å². The van der Waals surface area contributed by atoms with E-state index in [1.54, 1.807) is 6.07 Å². The van der Waals surface area contributed by atoms with E-state index in [4.69, 9.17) is 10.5 Å². The minimum absolute atomic E-state index is 0.0147. The van der Waals surface area contributed by atoms with E-state index in [1.165, 1.54) is 12.1 Å². The van der Waals surface area contributed by atoms with E-state index in [0.29, 0.717) is 0 Å². The summed E-state index contributed by atoms with van der Waals surface area (Å²) >= 11 is 0. The van der Waals surface area contributed by atoms with Crippen LogP contribution in [0, 0.1) is 6.92 Å². The van der Waals surface area contributed by atoms with Crippen molar-refractivity contribution in [1.82, 2.24) is 0 Å². The first-order valence-corrected chi connectivity index (χ1v) is 6.69. The van der Waals surface area contributed by atoms with Crippen LogP contribution in [0.25, 0.3) is 11.1 Å². The molecule has 0 heterocycles. The van der Waals surface area contributed by atoms with E-state index in [0.717, 1.165) is 16.7 Å². The van der Waals surface area contributed by atoms with Crippen molar-refractivity contribution >= 4 is 0 Å². The van der Waals surface area contributed by atoms with Crippen molar-refractivity contribution in [2.45, 2.75) is 13.3 Å². The summed E-state index contributed by atoms with van der Waals surface area (Å²) in [4.78, 5) is 0. The predicted octanol–water partition coefficient (Wildman–Crippen LogP) is 3.90. The molecule has 0 saturated carbocycles. The highest BCUT2D eigenvalue weighted by atomic mass is 19.4. The summed E-state index contributed by atoms with van der Waals surface area (Å²) < 4.78 is 46.5. The van der Waals surface area contributed by atoms with Crippen LogP contribution in [-0.2, 0) is 0 Å². The molecular formula is C16H16F3NO2. The molecule has 0 atom stereocenters. The van der Waals surface area contributed by atoms with E-state index in [9.17, 15) is 13.2 Å². The molecule has 6 heteroatoms. The van der Waals surface area contributed by atoms with E-state index in [-0.39, 0.29) is 24.7 Å². The van der Waals surface area contributed by atoms with Crippen molar-refractivity contribution in [2.24, 2.45) is 5.73 Å². The van der Waals surface area contributed by atoms with Crippen LogP contribution in [0.15, 0.2) is 42.5 Å². The van der Waals surface area contributed by atoms with Gasteiger partial charge in [0.1, 0.15) is 6.61 Å². The van der Waals surface area contributed by atoms with Gasteiger partial charge in [0.25, 0.3) is 0 Å². The molecule has 0 aliphatic rings. The lowest BCUT2D eigenvalue weighted by atomic mass is 10.0. The Bertz CT molecular complexity index is 624. The Morgan fingerprint density at radius 2 is 1.59 bits per heavy atom. The number of halogens is 3. The maximum absolute atomic E-state index is 12.4. The standard InChI is InChI=1S/C16H16F3NO2/c1-11-2-4-12(5-3-11)13-6-7-14(22-16(17,18)19)15(10-13)21-9-8-20/h2-7,10H,8-9,20H2,1H3. The first-order chi connectivity index (χ1) is 10.4. The van der Waals surface area contributed by atoms with Gasteiger partial charge in [-0.15, -0.1) is 13.2 Å². The molecule has 0 aliphatic carbocycles. The second-order valence-corrected chi connectivity index (χ2v) is 4.71. The minimum Gasteiger partial charge on any atom is -0.488 e. The van der Waals surface area contributed by atoms with Crippen molar-refractivity contribution in [3.63, 3.8) is 0 Å². The number of hydrogen-bond donors (Lipinski definition) is 1. The second kappa shape index (κ2) is 6.70. The number of hydrogen-bond acceptors (Lipinski definition) is 3. The highest BCUT2D eigenvalue weighted by Crippen LogP contribution is 2.36. The third-order valence-electron chi connectivity index (χ3n) is 2.93. The number of ether oxygens (including phenoxy) is 2. The summed E-state index contributed by atoms with van der Waals surface area (Å²) in [6, 6.07) is 12.0. The lowest BCUT2D eigenvalue weighted by molar-refractivity contribution is -0.275. The van der Waals surface area contributed by atoms with Gasteiger partial charge < -0.3 is 15.2 Å². The smallest absolute Gasteiger partial charge is 0.488 e. The summed E-state index contributed by atoms with van der Waals surface area (Å²) in [6.45, 7) is 2.26. The largest absolute Gasteiger partial charge is 0.573 e. The monoisotopic (exact) mass is 311 g/mol. The van der Waals surface area contributed by atoms with Crippen LogP contribution in [0.4, 0.5) is 13.2 Å². The molecular weight excluding hydrogens is 295 g/mol. The van der Waals surface area contributed by atoms with Gasteiger partial charge in [-0.25, -0.2) is 0 Å². The van der Waals surface area contributed by atoms with Crippen LogP contribution in [0.1, 0.15) is 5.56 Å². The molecule has 0 aromatic heterocycles. The fourth-order valence-electron chi connectivity index (χ4n) is 1.92. The summed E-state index contributed by atoms with van der Waals surface area (Å²) in [5.41, 5.74) is 8.04. The Balaban J connectivity index is 2.35. The SMILES string of the molecule is Cc1ccc(-c2ccc(OC(F)(F)F)c(OCCN)c2)cc1. The number of nitrogens with two attached hydrogens (primary N) is 1. The first kappa shape index (κ1) is 16.2. The molecule has 0 spiro atoms. The summed E-state index contributed by atoms with van der Waals surface area (Å²) in [7, 11) is 0. The van der Waals surface area contributed by atoms with E-state index in [1.807, 2.05) is 31.2 Å². The van der Waals surface area contributed by atoms with Crippen molar-refractivity contribution in [3.8, 4) is 22.6 Å². The number of alkyl halides is 3. The van der Waals surface area contributed by atoms with Crippen molar-refractivity contribution in [2.75, 3.05) is 13.2 Å². The Kier molecular flexibility index (Phi) is 4.92. The fraction of sp³-hybridized carbons (Fsp3) is 0.250. The topological polar surface area (TPSA) is 44.5 Å². The van der Waals surface area contributed by atoms with E-state index < -0.39 is 6.36 Å². The molecule has 2 rings (SSSR count). The van der Waals surface area contributed by atoms with E-state index >= 15 is 0 Å². The maximum Gasteiger partial charge on any atom is 0.573 e. The summed E-state index contributed by atoms with van der Waals surface area (Å²) in [6.07, 6.45) is -4.77. The average Bonchev–Trinajstić information content (AvgIpc) is 2.45. The van der Waals surface area contributed by atoms with Gasteiger partial charge in [0.05, 0.1) is 0 Å². The highest BCUT2D eigenvalue weighted by molar-refractivity contribution is 5.67. The quantitative estimate of drug-likeness (QED) is 0.911. The molecule has 0 bridgehead atoms. The Hall–Kier alpha value is -2.21. The zero-order valence-corrected chi connectivity index (χ0v) is 12.0. The number of benzene rings is 2. The van der Waals surface area contributed by atoms with Crippen LogP contribution in [-0.4, -0.2) is 19.5 Å². The summed E-state index contributed by atoms with van der Waals surface area (Å²) in [5, 5.41) is 0. The molecule has 0 saturated heterocycles. The molecule has 22 heavy (non-hydrogen) atoms. The zero-order chi connectivity index (χ0) is 16.2. The van der Waals surface area contributed by atoms with Crippen LogP contribution < -0.4 is 15.2 Å².